The van der Waals surface area contributed by atoms with E-state index in [1.54, 1.807) is 27.9 Å². The number of rotatable bonds is 9. The highest BCUT2D eigenvalue weighted by atomic mass is 16.7. The number of piperidine rings is 1. The number of methoxy groups -OCH3 is 3. The summed E-state index contributed by atoms with van der Waals surface area (Å²) in [5.41, 5.74) is 3.24. The van der Waals surface area contributed by atoms with Gasteiger partial charge in [-0.1, -0.05) is 45.4 Å². The molecular weight excluding hydrogens is 873 g/mol. The number of H-pyrrole nitrogens is 1. The molecule has 1 saturated carbocycles. The number of nitrogens with zero attached hydrogens (tertiary/aromatic N) is 1. The van der Waals surface area contributed by atoms with Crippen LogP contribution in [0.25, 0.3) is 10.9 Å². The van der Waals surface area contributed by atoms with Gasteiger partial charge in [-0.05, 0) is 121 Å². The van der Waals surface area contributed by atoms with Gasteiger partial charge in [0.1, 0.15) is 35.9 Å². The minimum absolute atomic E-state index is 0.0167. The topological polar surface area (TPSA) is 203 Å². The molecule has 68 heavy (non-hydrogen) atoms. The number of hydrogen-bond acceptors (Lipinski definition) is 13. The monoisotopic (exact) mass is 951 g/mol. The molecule has 3 fully saturated rings. The average Bonchev–Trinajstić information content (AvgIpc) is 3.76. The Morgan fingerprint density at radius 1 is 0.941 bits per heavy atom. The van der Waals surface area contributed by atoms with Crippen LogP contribution >= 0.6 is 0 Å². The number of ether oxygens (including phenoxy) is 6. The van der Waals surface area contributed by atoms with Crippen molar-refractivity contribution in [3.8, 4) is 5.75 Å². The lowest BCUT2D eigenvalue weighted by Crippen LogP contribution is -2.64. The van der Waals surface area contributed by atoms with Crippen molar-refractivity contribution in [2.75, 3.05) is 27.9 Å². The van der Waals surface area contributed by atoms with Gasteiger partial charge in [-0.15, -0.1) is 0 Å². The number of esters is 1. The fourth-order valence-corrected chi connectivity index (χ4v) is 11.1. The van der Waals surface area contributed by atoms with E-state index in [9.17, 15) is 34.5 Å². The Morgan fingerprint density at radius 3 is 2.32 bits per heavy atom. The van der Waals surface area contributed by atoms with Gasteiger partial charge in [-0.2, -0.15) is 0 Å². The zero-order valence-corrected chi connectivity index (χ0v) is 41.9. The molecule has 4 aliphatic rings. The Morgan fingerprint density at radius 2 is 1.65 bits per heavy atom. The number of benzene rings is 1. The third kappa shape index (κ3) is 12.1. The number of Topliss-reactive ketones (excluding diaryl/α,β-unsaturated/α-hetero) is 2. The lowest BCUT2D eigenvalue weighted by Gasteiger charge is -2.47. The first-order valence-corrected chi connectivity index (χ1v) is 24.9. The normalized spacial score (nSPS) is 36.1. The van der Waals surface area contributed by atoms with E-state index in [0.717, 1.165) is 28.6 Å². The van der Waals surface area contributed by atoms with Crippen LogP contribution in [0.2, 0.25) is 0 Å². The smallest absolute Gasteiger partial charge is 0.329 e. The fourth-order valence-electron chi connectivity index (χ4n) is 11.1. The Hall–Kier alpha value is -3.96. The Labute approximate surface area is 402 Å². The summed E-state index contributed by atoms with van der Waals surface area (Å²) in [6, 6.07) is 6.55. The summed E-state index contributed by atoms with van der Waals surface area (Å²) in [6.07, 6.45) is 3.62. The number of nitrogens with one attached hydrogen (secondary N) is 1. The van der Waals surface area contributed by atoms with Crippen LogP contribution in [0.1, 0.15) is 131 Å². The van der Waals surface area contributed by atoms with E-state index >= 15 is 0 Å². The highest BCUT2D eigenvalue weighted by molar-refractivity contribution is 6.39. The lowest BCUT2D eigenvalue weighted by molar-refractivity contribution is -0.302. The molecule has 0 radical (unpaired) electrons. The Kier molecular flexibility index (Phi) is 18.3. The number of fused-ring (bicyclic) bond motifs is 4. The van der Waals surface area contributed by atoms with Crippen LogP contribution in [0.5, 0.6) is 5.75 Å². The van der Waals surface area contributed by atoms with Gasteiger partial charge < -0.3 is 53.6 Å². The van der Waals surface area contributed by atoms with Crippen molar-refractivity contribution in [2.24, 2.45) is 29.6 Å². The lowest BCUT2D eigenvalue weighted by atomic mass is 9.81. The van der Waals surface area contributed by atoms with Crippen LogP contribution in [0.15, 0.2) is 47.6 Å². The Balaban J connectivity index is 1.29. The summed E-state index contributed by atoms with van der Waals surface area (Å²) in [4.78, 5) is 61.8. The van der Waals surface area contributed by atoms with Gasteiger partial charge in [0, 0.05) is 74.7 Å². The van der Waals surface area contributed by atoms with Crippen molar-refractivity contribution in [1.82, 2.24) is 9.88 Å². The maximum atomic E-state index is 14.6. The van der Waals surface area contributed by atoms with Crippen LogP contribution in [-0.4, -0.2) is 131 Å². The number of aromatic nitrogens is 1. The number of ketones is 2. The van der Waals surface area contributed by atoms with E-state index in [0.29, 0.717) is 56.3 Å². The van der Waals surface area contributed by atoms with Crippen molar-refractivity contribution < 1.29 is 62.9 Å². The van der Waals surface area contributed by atoms with Crippen molar-refractivity contribution in [3.63, 3.8) is 0 Å². The third-order valence-electron chi connectivity index (χ3n) is 15.2. The number of hydrogen-bond donors (Lipinski definition) is 4. The number of cyclic esters (lactones) is 1. The minimum atomic E-state index is -2.52. The third-order valence-corrected chi connectivity index (χ3v) is 15.2. The standard InChI is InChI=1S/C53H78N2O13/c1-11-36-21-29(2)20-30(3)22-46(64-9)49-47(65-10)24-32(5)53(62,68-49)50(59)51(60)55-19-13-12-14-41(55)52(61)67-48(33(6)42(57)28-43(36)58)31(4)23-35-15-18-44(45(25-35)63-8)66-38-17-16-37-26-39(34(7)56)54-40(37)27-38/h16-17,21,23,26-27,30,32-36,41-42,44-49,54,56-57,62H,11-15,18-20,22,24-25,28H2,1-10H3. The number of aliphatic hydroxyl groups excluding tert-OH is 2. The van der Waals surface area contributed by atoms with Gasteiger partial charge in [0.2, 0.25) is 5.79 Å². The number of aliphatic hydroxyl groups is 3. The van der Waals surface area contributed by atoms with E-state index in [-0.39, 0.29) is 55.6 Å². The number of amides is 1. The summed E-state index contributed by atoms with van der Waals surface area (Å²) in [7, 11) is 4.73. The van der Waals surface area contributed by atoms with Crippen molar-refractivity contribution in [1.29, 1.82) is 0 Å². The van der Waals surface area contributed by atoms with Gasteiger partial charge >= 0.3 is 5.97 Å². The molecular formula is C53H78N2O13. The minimum Gasteiger partial charge on any atom is -0.488 e. The number of aromatic amines is 1. The first kappa shape index (κ1) is 53.4. The van der Waals surface area contributed by atoms with E-state index < -0.39 is 83.9 Å². The van der Waals surface area contributed by atoms with Gasteiger partial charge in [0.25, 0.3) is 11.7 Å². The molecule has 15 unspecified atom stereocenters. The highest BCUT2D eigenvalue weighted by Gasteiger charge is 2.56. The van der Waals surface area contributed by atoms with Crippen molar-refractivity contribution in [3.05, 3.63) is 53.3 Å². The summed E-state index contributed by atoms with van der Waals surface area (Å²) in [6.45, 7) is 13.0. The molecule has 2 bridgehead atoms. The molecule has 2 aromatic rings. The zero-order valence-electron chi connectivity index (χ0n) is 41.9. The maximum absolute atomic E-state index is 14.6. The van der Waals surface area contributed by atoms with Crippen LogP contribution in [0, 0.1) is 29.6 Å². The second kappa shape index (κ2) is 23.3. The molecule has 378 valence electrons. The van der Waals surface area contributed by atoms with E-state index in [1.807, 2.05) is 51.1 Å². The molecule has 1 aliphatic carbocycles. The summed E-state index contributed by atoms with van der Waals surface area (Å²) < 4.78 is 37.0. The van der Waals surface area contributed by atoms with Gasteiger partial charge in [-0.3, -0.25) is 14.4 Å². The maximum Gasteiger partial charge on any atom is 0.329 e. The fraction of sp³-hybridized carbons (Fsp3) is 0.698. The summed E-state index contributed by atoms with van der Waals surface area (Å²) in [5, 5.41) is 35.1. The molecule has 3 aliphatic heterocycles. The molecule has 2 saturated heterocycles. The SMILES string of the molecule is CCC1C=C(C)CC(C)CC(OC)C2OC(O)(C(=O)C(=O)N3CCCCC3C(=O)OC(C(C)=CC3CCC(Oc4ccc5cc(C(C)O)[nH]c5c4)C(OC)C3)C(C)C(O)CC1=O)C(C)CC2OC. The predicted octanol–water partition coefficient (Wildman–Crippen LogP) is 7.09. The quantitative estimate of drug-likeness (QED) is 0.113. The van der Waals surface area contributed by atoms with E-state index in [2.05, 4.69) is 18.0 Å². The first-order chi connectivity index (χ1) is 32.3. The van der Waals surface area contributed by atoms with E-state index in [1.165, 1.54) is 19.1 Å². The number of allylic oxidation sites excluding steroid dienone is 3. The molecule has 15 nitrogen and oxygen atoms in total. The highest BCUT2D eigenvalue weighted by Crippen LogP contribution is 2.40. The predicted molar refractivity (Wildman–Crippen MR) is 255 cm³/mol. The van der Waals surface area contributed by atoms with Gasteiger partial charge in [0.05, 0.1) is 30.5 Å². The van der Waals surface area contributed by atoms with Crippen LogP contribution in [0.4, 0.5) is 0 Å². The van der Waals surface area contributed by atoms with Gasteiger partial charge in [-0.25, -0.2) is 4.79 Å². The van der Waals surface area contributed by atoms with Crippen LogP contribution in [-0.2, 0) is 42.9 Å². The molecule has 0 spiro atoms. The van der Waals surface area contributed by atoms with Crippen molar-refractivity contribution >= 4 is 34.3 Å². The Bertz CT molecular complexity index is 2130. The molecule has 1 aromatic heterocycles. The van der Waals surface area contributed by atoms with E-state index in [4.69, 9.17) is 28.4 Å². The largest absolute Gasteiger partial charge is 0.488 e. The zero-order chi connectivity index (χ0) is 49.6. The average molecular weight is 951 g/mol. The van der Waals surface area contributed by atoms with Crippen LogP contribution in [0.3, 0.4) is 0 Å². The molecule has 4 N–H and O–H groups in total. The molecule has 15 heteroatoms. The molecule has 1 amide bonds. The van der Waals surface area contributed by atoms with Crippen molar-refractivity contribution in [2.45, 2.75) is 180 Å². The number of carbonyl (C=O) groups is 4. The molecule has 4 heterocycles. The van der Waals surface area contributed by atoms with Crippen LogP contribution < -0.4 is 4.74 Å². The second-order valence-electron chi connectivity index (χ2n) is 20.4. The second-order valence-corrected chi connectivity index (χ2v) is 20.4. The summed E-state index contributed by atoms with van der Waals surface area (Å²) in [5.74, 6) is -6.94. The first-order valence-electron chi connectivity index (χ1n) is 24.9. The summed E-state index contributed by atoms with van der Waals surface area (Å²) >= 11 is 0. The number of carbonyl (C=O) groups excluding carboxylic acids is 4. The molecule has 1 aromatic carbocycles. The molecule has 6 rings (SSSR count). The van der Waals surface area contributed by atoms with Gasteiger partial charge in [0.15, 0.2) is 0 Å². The molecule has 15 atom stereocenters.